The van der Waals surface area contributed by atoms with Gasteiger partial charge in [-0.05, 0) is 42.8 Å². The van der Waals surface area contributed by atoms with E-state index in [2.05, 4.69) is 14.6 Å². The lowest BCUT2D eigenvalue weighted by molar-refractivity contribution is -0.116. The van der Waals surface area contributed by atoms with Crippen LogP contribution >= 0.6 is 21.6 Å². The number of rotatable bonds is 10. The second-order valence-corrected chi connectivity index (χ2v) is 13.4. The maximum atomic E-state index is 12.6. The van der Waals surface area contributed by atoms with Crippen molar-refractivity contribution in [3.8, 4) is 5.75 Å². The van der Waals surface area contributed by atoms with Gasteiger partial charge in [-0.3, -0.25) is 13.5 Å². The van der Waals surface area contributed by atoms with E-state index in [1.165, 1.54) is 0 Å². The molecular weight excluding hydrogens is 526 g/mol. The number of fused-ring (bicyclic) bond motifs is 1. The molecule has 0 radical (unpaired) electrons. The lowest BCUT2D eigenvalue weighted by Gasteiger charge is -2.15. The molecule has 3 rings (SSSR count). The van der Waals surface area contributed by atoms with Crippen molar-refractivity contribution in [3.05, 3.63) is 18.2 Å². The summed E-state index contributed by atoms with van der Waals surface area (Å²) < 4.78 is 62.0. The second-order valence-electron chi connectivity index (χ2n) is 7.47. The number of phenols is 1. The maximum absolute atomic E-state index is 12.6. The topological polar surface area (TPSA) is 183 Å². The number of aromatic hydroxyl groups is 1. The molecule has 1 heterocycles. The Morgan fingerprint density at radius 2 is 2.00 bits per heavy atom. The maximum Gasteiger partial charge on any atom is 0.296 e. The Morgan fingerprint density at radius 1 is 1.26 bits per heavy atom. The Morgan fingerprint density at radius 3 is 2.59 bits per heavy atom. The zero-order valence-corrected chi connectivity index (χ0v) is 21.2. The highest BCUT2D eigenvalue weighted by Crippen LogP contribution is 2.44. The van der Waals surface area contributed by atoms with Gasteiger partial charge in [-0.2, -0.15) is 21.9 Å². The van der Waals surface area contributed by atoms with Crippen LogP contribution in [0, 0.1) is 5.53 Å². The number of hydrogen-bond acceptors (Lipinski definition) is 11. The van der Waals surface area contributed by atoms with Gasteiger partial charge in [0.2, 0.25) is 5.91 Å². The first-order valence-corrected chi connectivity index (χ1v) is 15.3. The Labute approximate surface area is 204 Å². The molecule has 0 aromatic heterocycles. The lowest BCUT2D eigenvalue weighted by Crippen LogP contribution is -2.13. The average molecular weight is 550 g/mol. The van der Waals surface area contributed by atoms with E-state index in [0.717, 1.165) is 50.3 Å². The number of hydrogen-bond donors (Lipinski definition) is 4. The fourth-order valence-electron chi connectivity index (χ4n) is 3.54. The van der Waals surface area contributed by atoms with Gasteiger partial charge in [-0.15, -0.1) is 0 Å². The van der Waals surface area contributed by atoms with Gasteiger partial charge in [0.1, 0.15) is 10.6 Å². The van der Waals surface area contributed by atoms with Crippen molar-refractivity contribution in [1.82, 2.24) is 0 Å². The summed E-state index contributed by atoms with van der Waals surface area (Å²) in [5.74, 6) is -0.129. The number of amides is 1. The Kier molecular flexibility index (Phi) is 8.47. The molecule has 1 aliphatic heterocycles. The van der Waals surface area contributed by atoms with Crippen molar-refractivity contribution in [2.75, 3.05) is 18.2 Å². The summed E-state index contributed by atoms with van der Waals surface area (Å²) >= 11 is 0. The van der Waals surface area contributed by atoms with Crippen molar-refractivity contribution in [1.29, 1.82) is 5.53 Å². The van der Waals surface area contributed by atoms with E-state index < -0.39 is 47.4 Å². The number of phenolic OH excluding ortho intramolecular Hbond substituents is 1. The van der Waals surface area contributed by atoms with Crippen LogP contribution in [0.3, 0.4) is 0 Å². The molecule has 4 N–H and O–H groups in total. The molecule has 1 fully saturated rings. The molecule has 11 nitrogen and oxygen atoms in total. The molecule has 1 atom stereocenters. The molecule has 1 unspecified atom stereocenters. The minimum atomic E-state index is -4.92. The first-order chi connectivity index (χ1) is 16.0. The predicted molar refractivity (Wildman–Crippen MR) is 130 cm³/mol. The van der Waals surface area contributed by atoms with E-state index in [0.29, 0.717) is 11.7 Å². The summed E-state index contributed by atoms with van der Waals surface area (Å²) in [4.78, 5) is 11.3. The number of nitrogens with zero attached hydrogens (tertiary/aromatic N) is 1. The Balaban J connectivity index is 1.99. The van der Waals surface area contributed by atoms with Crippen LogP contribution in [0.4, 0.5) is 11.4 Å². The summed E-state index contributed by atoms with van der Waals surface area (Å²) in [6.45, 7) is 0. The van der Waals surface area contributed by atoms with E-state index in [1.807, 2.05) is 21.6 Å². The molecule has 186 valence electrons. The van der Waals surface area contributed by atoms with Gasteiger partial charge in [-0.1, -0.05) is 28.0 Å². The largest absolute Gasteiger partial charge is 0.505 e. The molecule has 2 aromatic rings. The third-order valence-corrected chi connectivity index (χ3v) is 10.3. The molecule has 0 spiro atoms. The molecule has 1 aliphatic rings. The predicted octanol–water partition coefficient (Wildman–Crippen LogP) is 4.44. The van der Waals surface area contributed by atoms with Crippen molar-refractivity contribution < 1.29 is 35.5 Å². The first-order valence-electron chi connectivity index (χ1n) is 10.1. The zero-order chi connectivity index (χ0) is 25.1. The van der Waals surface area contributed by atoms with Crippen LogP contribution in [-0.4, -0.2) is 50.5 Å². The molecule has 1 amide bonds. The third-order valence-electron chi connectivity index (χ3n) is 5.20. The molecule has 15 heteroatoms. The summed E-state index contributed by atoms with van der Waals surface area (Å²) in [5.41, 5.74) is 6.35. The molecule has 1 saturated heterocycles. The fraction of sp³-hybridized carbons (Fsp3) is 0.421. The van der Waals surface area contributed by atoms with Gasteiger partial charge in [0.25, 0.3) is 20.2 Å². The van der Waals surface area contributed by atoms with Crippen LogP contribution in [0.5, 0.6) is 5.75 Å². The number of unbranched alkanes of at least 4 members (excludes halogenated alkanes) is 1. The lowest BCUT2D eigenvalue weighted by atomic mass is 10.1. The van der Waals surface area contributed by atoms with Gasteiger partial charge in [0.15, 0.2) is 5.75 Å². The summed E-state index contributed by atoms with van der Waals surface area (Å²) in [6, 6.07) is 2.94. The normalized spacial score (nSPS) is 16.6. The standard InChI is InChI=1S/C19H23N3O8S4/c1-30-34(28,29)13-8-11-9-15(33(25,26)27)18(22-20)19(24)17(11)14(10-13)21-16(23)5-3-2-4-12-6-7-31-32-12/h8-10,12,20,24H,2-7H2,1H3,(H,21,23)(H,25,26,27). The molecule has 34 heavy (non-hydrogen) atoms. The minimum absolute atomic E-state index is 0.134. The van der Waals surface area contributed by atoms with Gasteiger partial charge < -0.3 is 10.4 Å². The van der Waals surface area contributed by atoms with Gasteiger partial charge in [0.05, 0.1) is 17.7 Å². The van der Waals surface area contributed by atoms with E-state index in [4.69, 9.17) is 5.53 Å². The highest BCUT2D eigenvalue weighted by molar-refractivity contribution is 8.77. The summed E-state index contributed by atoms with van der Waals surface area (Å²) in [6.07, 6.45) is 3.72. The highest BCUT2D eigenvalue weighted by Gasteiger charge is 2.26. The fourth-order valence-corrected chi connectivity index (χ4v) is 7.95. The van der Waals surface area contributed by atoms with E-state index >= 15 is 0 Å². The van der Waals surface area contributed by atoms with Gasteiger partial charge in [-0.25, -0.2) is 5.53 Å². The third kappa shape index (κ3) is 6.01. The van der Waals surface area contributed by atoms with Crippen LogP contribution in [0.15, 0.2) is 33.1 Å². The molecular formula is C19H23N3O8S4. The zero-order valence-electron chi connectivity index (χ0n) is 18.0. The van der Waals surface area contributed by atoms with Crippen LogP contribution in [0.1, 0.15) is 32.1 Å². The molecule has 2 aromatic carbocycles. The number of anilines is 1. The smallest absolute Gasteiger partial charge is 0.296 e. The van der Waals surface area contributed by atoms with Crippen molar-refractivity contribution in [3.63, 3.8) is 0 Å². The van der Waals surface area contributed by atoms with E-state index in [-0.39, 0.29) is 22.9 Å². The second kappa shape index (κ2) is 10.8. The van der Waals surface area contributed by atoms with Crippen molar-refractivity contribution in [2.24, 2.45) is 5.11 Å². The molecule has 0 saturated carbocycles. The SMILES string of the molecule is COS(=O)(=O)c1cc(NC(=O)CCCCC2CCSS2)c2c(O)c(N=N)c(S(=O)(=O)O)cc2c1. The van der Waals surface area contributed by atoms with Crippen LogP contribution in [0.2, 0.25) is 0 Å². The highest BCUT2D eigenvalue weighted by atomic mass is 33.1. The minimum Gasteiger partial charge on any atom is -0.505 e. The number of carbonyl (C=O) groups is 1. The van der Waals surface area contributed by atoms with Crippen LogP contribution in [0.25, 0.3) is 10.8 Å². The Bertz CT molecular complexity index is 1320. The van der Waals surface area contributed by atoms with Crippen LogP contribution < -0.4 is 5.32 Å². The average Bonchev–Trinajstić information content (AvgIpc) is 3.29. The Hall–Kier alpha value is -1.91. The van der Waals surface area contributed by atoms with Crippen molar-refractivity contribution in [2.45, 2.75) is 47.1 Å². The quantitative estimate of drug-likeness (QED) is 0.109. The van der Waals surface area contributed by atoms with Gasteiger partial charge in [0, 0.05) is 22.8 Å². The van der Waals surface area contributed by atoms with Crippen LogP contribution in [-0.2, 0) is 29.2 Å². The molecule has 0 aliphatic carbocycles. The number of carbonyl (C=O) groups excluding carboxylic acids is 1. The number of nitrogens with one attached hydrogen (secondary N) is 2. The van der Waals surface area contributed by atoms with E-state index in [9.17, 15) is 31.3 Å². The first kappa shape index (κ1) is 26.7. The summed E-state index contributed by atoms with van der Waals surface area (Å²) in [7, 11) is -4.55. The molecule has 0 bridgehead atoms. The number of benzene rings is 2. The monoisotopic (exact) mass is 549 g/mol. The van der Waals surface area contributed by atoms with E-state index in [1.54, 1.807) is 0 Å². The van der Waals surface area contributed by atoms with Crippen molar-refractivity contribution >= 4 is 69.9 Å². The van der Waals surface area contributed by atoms with Gasteiger partial charge >= 0.3 is 0 Å². The summed E-state index contributed by atoms with van der Waals surface area (Å²) in [5, 5.41) is 16.5.